The molecule has 160 valence electrons. The van der Waals surface area contributed by atoms with Crippen LogP contribution in [0.4, 0.5) is 0 Å². The molecule has 1 saturated heterocycles. The van der Waals surface area contributed by atoms with Gasteiger partial charge in [0.1, 0.15) is 6.61 Å². The molecule has 0 aliphatic carbocycles. The summed E-state index contributed by atoms with van der Waals surface area (Å²) in [5.41, 5.74) is 2.76. The summed E-state index contributed by atoms with van der Waals surface area (Å²) in [5, 5.41) is 0. The molecule has 0 radical (unpaired) electrons. The van der Waals surface area contributed by atoms with E-state index < -0.39 is 8.32 Å². The molecule has 0 N–H and O–H groups in total. The third kappa shape index (κ3) is 3.97. The normalized spacial score (nSPS) is 20.1. The van der Waals surface area contributed by atoms with E-state index in [9.17, 15) is 4.79 Å². The highest BCUT2D eigenvalue weighted by Crippen LogP contribution is 2.50. The van der Waals surface area contributed by atoms with Gasteiger partial charge in [0, 0.05) is 9.14 Å². The van der Waals surface area contributed by atoms with E-state index in [1.165, 1.54) is 0 Å². The fourth-order valence-electron chi connectivity index (χ4n) is 4.92. The number of hydrogen-bond acceptors (Lipinski definition) is 5. The Hall–Kier alpha value is -1.06. The van der Waals surface area contributed by atoms with Gasteiger partial charge in [-0.2, -0.15) is 0 Å². The maximum absolute atomic E-state index is 12.1. The van der Waals surface area contributed by atoms with Crippen LogP contribution in [0.1, 0.15) is 53.2 Å². The van der Waals surface area contributed by atoms with Gasteiger partial charge in [-0.25, -0.2) is 4.79 Å². The van der Waals surface area contributed by atoms with E-state index in [4.69, 9.17) is 18.6 Å². The van der Waals surface area contributed by atoms with Gasteiger partial charge in [-0.15, -0.1) is 0 Å². The number of esters is 1. The minimum absolute atomic E-state index is 0.209. The van der Waals surface area contributed by atoms with Crippen molar-refractivity contribution in [2.24, 2.45) is 5.92 Å². The summed E-state index contributed by atoms with van der Waals surface area (Å²) < 4.78 is 24.7. The van der Waals surface area contributed by atoms with E-state index in [1.54, 1.807) is 0 Å². The number of rotatable bonds is 7. The SMILES string of the molecule is C=C1C(=O)OC[C@@H]1[C@@H](O[Si](C(C)C)(C(C)C)C(C)C)c1cc2c(cc1I)OCO2. The zero-order valence-corrected chi connectivity index (χ0v) is 21.2. The molecule has 0 bridgehead atoms. The monoisotopic (exact) mass is 530 g/mol. The molecule has 29 heavy (non-hydrogen) atoms. The second-order valence-corrected chi connectivity index (χ2v) is 15.4. The molecule has 2 heterocycles. The highest BCUT2D eigenvalue weighted by Gasteiger charge is 2.50. The first-order valence-electron chi connectivity index (χ1n) is 10.2. The van der Waals surface area contributed by atoms with Gasteiger partial charge in [-0.05, 0) is 56.9 Å². The molecule has 1 aromatic carbocycles. The van der Waals surface area contributed by atoms with E-state index in [0.717, 1.165) is 20.6 Å². The molecule has 0 saturated carbocycles. The fourth-order valence-corrected chi connectivity index (χ4v) is 11.2. The Kier molecular flexibility index (Phi) is 6.70. The summed E-state index contributed by atoms with van der Waals surface area (Å²) in [6, 6.07) is 3.99. The number of carbonyl (C=O) groups is 1. The van der Waals surface area contributed by atoms with Gasteiger partial charge >= 0.3 is 5.97 Å². The van der Waals surface area contributed by atoms with Gasteiger partial charge < -0.3 is 18.6 Å². The highest BCUT2D eigenvalue weighted by molar-refractivity contribution is 14.1. The summed E-state index contributed by atoms with van der Waals surface area (Å²) in [6.45, 7) is 18.1. The van der Waals surface area contributed by atoms with E-state index >= 15 is 0 Å². The van der Waals surface area contributed by atoms with Crippen LogP contribution in [0.25, 0.3) is 0 Å². The topological polar surface area (TPSA) is 54.0 Å². The van der Waals surface area contributed by atoms with Crippen molar-refractivity contribution in [3.05, 3.63) is 33.4 Å². The number of hydrogen-bond donors (Lipinski definition) is 0. The molecule has 2 aliphatic heterocycles. The average molecular weight is 530 g/mol. The number of benzene rings is 1. The molecule has 1 fully saturated rings. The van der Waals surface area contributed by atoms with Crippen molar-refractivity contribution in [1.82, 2.24) is 0 Å². The van der Waals surface area contributed by atoms with Crippen molar-refractivity contribution >= 4 is 36.9 Å². The second kappa shape index (κ2) is 8.59. The number of fused-ring (bicyclic) bond motifs is 1. The largest absolute Gasteiger partial charge is 0.462 e. The molecule has 2 atom stereocenters. The Bertz CT molecular complexity index is 783. The van der Waals surface area contributed by atoms with Crippen molar-refractivity contribution in [1.29, 1.82) is 0 Å². The lowest BCUT2D eigenvalue weighted by Crippen LogP contribution is -2.49. The zero-order valence-electron chi connectivity index (χ0n) is 18.1. The number of cyclic esters (lactones) is 1. The van der Waals surface area contributed by atoms with Crippen LogP contribution in [0.5, 0.6) is 11.5 Å². The van der Waals surface area contributed by atoms with Crippen molar-refractivity contribution in [2.45, 2.75) is 64.3 Å². The van der Waals surface area contributed by atoms with Crippen molar-refractivity contribution in [3.63, 3.8) is 0 Å². The van der Waals surface area contributed by atoms with Gasteiger partial charge in [0.05, 0.1) is 12.0 Å². The molecule has 0 amide bonds. The average Bonchev–Trinajstić information content (AvgIpc) is 3.21. The molecule has 0 aromatic heterocycles. The minimum Gasteiger partial charge on any atom is -0.462 e. The van der Waals surface area contributed by atoms with Gasteiger partial charge in [-0.3, -0.25) is 0 Å². The van der Waals surface area contributed by atoms with Crippen molar-refractivity contribution in [2.75, 3.05) is 13.4 Å². The van der Waals surface area contributed by atoms with E-state index in [-0.39, 0.29) is 24.8 Å². The molecule has 7 heteroatoms. The van der Waals surface area contributed by atoms with Crippen LogP contribution in [0, 0.1) is 9.49 Å². The number of ether oxygens (including phenoxy) is 3. The third-order valence-electron chi connectivity index (χ3n) is 6.31. The first kappa shape index (κ1) is 22.6. The maximum atomic E-state index is 12.1. The Morgan fingerprint density at radius 3 is 2.07 bits per heavy atom. The zero-order chi connectivity index (χ0) is 21.5. The standard InChI is InChI=1S/C22H31IO5Si/c1-12(2)29(13(3)4,14(5)6)28-21(17-10-25-22(24)15(17)7)16-8-19-20(9-18(16)23)27-11-26-19/h8-9,12-14,17,21H,7,10-11H2,1-6H3/t17-,21-/m0/s1. The molecule has 1 aromatic rings. The Morgan fingerprint density at radius 2 is 1.59 bits per heavy atom. The Balaban J connectivity index is 2.12. The van der Waals surface area contributed by atoms with Crippen LogP contribution in [-0.4, -0.2) is 27.7 Å². The van der Waals surface area contributed by atoms with Crippen LogP contribution in [0.2, 0.25) is 16.6 Å². The quantitative estimate of drug-likeness (QED) is 0.188. The van der Waals surface area contributed by atoms with Crippen LogP contribution in [0.15, 0.2) is 24.3 Å². The van der Waals surface area contributed by atoms with E-state index in [0.29, 0.717) is 28.8 Å². The molecular weight excluding hydrogens is 499 g/mol. The fraction of sp³-hybridized carbons (Fsp3) is 0.591. The van der Waals surface area contributed by atoms with Crippen molar-refractivity contribution < 1.29 is 23.4 Å². The molecule has 0 unspecified atom stereocenters. The first-order valence-corrected chi connectivity index (χ1v) is 13.4. The van der Waals surface area contributed by atoms with Gasteiger partial charge in [0.15, 0.2) is 11.5 Å². The predicted octanol–water partition coefficient (Wildman–Crippen LogP) is 5.98. The minimum atomic E-state index is -2.22. The maximum Gasteiger partial charge on any atom is 0.333 e. The smallest absolute Gasteiger partial charge is 0.333 e. The second-order valence-electron chi connectivity index (χ2n) is 8.81. The Morgan fingerprint density at radius 1 is 1.03 bits per heavy atom. The van der Waals surface area contributed by atoms with Crippen LogP contribution >= 0.6 is 22.6 Å². The molecule has 5 nitrogen and oxygen atoms in total. The summed E-state index contributed by atoms with van der Waals surface area (Å²) in [4.78, 5) is 12.1. The molecule has 3 rings (SSSR count). The van der Waals surface area contributed by atoms with Crippen LogP contribution in [-0.2, 0) is 14.0 Å². The predicted molar refractivity (Wildman–Crippen MR) is 124 cm³/mol. The lowest BCUT2D eigenvalue weighted by atomic mass is 9.92. The highest BCUT2D eigenvalue weighted by atomic mass is 127. The lowest BCUT2D eigenvalue weighted by Gasteiger charge is -2.46. The van der Waals surface area contributed by atoms with Crippen LogP contribution < -0.4 is 9.47 Å². The summed E-state index contributed by atoms with van der Waals surface area (Å²) >= 11 is 2.32. The third-order valence-corrected chi connectivity index (χ3v) is 13.3. The van der Waals surface area contributed by atoms with Gasteiger partial charge in [0.25, 0.3) is 0 Å². The number of carbonyl (C=O) groups excluding carboxylic acids is 1. The first-order chi connectivity index (χ1) is 13.6. The lowest BCUT2D eigenvalue weighted by molar-refractivity contribution is -0.135. The van der Waals surface area contributed by atoms with Gasteiger partial charge in [0.2, 0.25) is 15.1 Å². The van der Waals surface area contributed by atoms with E-state index in [1.807, 2.05) is 12.1 Å². The van der Waals surface area contributed by atoms with Crippen molar-refractivity contribution in [3.8, 4) is 11.5 Å². The summed E-state index contributed by atoms with van der Waals surface area (Å²) in [5.74, 6) is 0.926. The van der Waals surface area contributed by atoms with E-state index in [2.05, 4.69) is 70.7 Å². The number of halogens is 1. The van der Waals surface area contributed by atoms with Gasteiger partial charge in [-0.1, -0.05) is 48.1 Å². The Labute approximate surface area is 188 Å². The molecule has 0 spiro atoms. The molecule has 2 aliphatic rings. The molecular formula is C22H31IO5Si. The van der Waals surface area contributed by atoms with Crippen LogP contribution in [0.3, 0.4) is 0 Å². The summed E-state index contributed by atoms with van der Waals surface area (Å²) in [7, 11) is -2.22. The summed E-state index contributed by atoms with van der Waals surface area (Å²) in [6.07, 6.45) is -0.311.